The maximum absolute atomic E-state index is 12.4. The van der Waals surface area contributed by atoms with Crippen molar-refractivity contribution >= 4 is 11.8 Å². The Bertz CT molecular complexity index is 682. The number of ether oxygens (including phenoxy) is 2. The van der Waals surface area contributed by atoms with Crippen molar-refractivity contribution in [2.75, 3.05) is 14.2 Å². The van der Waals surface area contributed by atoms with Gasteiger partial charge in [0.05, 0.1) is 19.8 Å². The molecular formula is C15H13NO5. The molecule has 6 heteroatoms. The van der Waals surface area contributed by atoms with Gasteiger partial charge in [-0.25, -0.2) is 4.79 Å². The maximum atomic E-state index is 12.4. The highest BCUT2D eigenvalue weighted by Crippen LogP contribution is 2.31. The average molecular weight is 287 g/mol. The molecule has 1 aromatic heterocycles. The largest absolute Gasteiger partial charge is 0.493 e. The monoisotopic (exact) mass is 287 g/mol. The molecule has 0 amide bonds. The number of benzene rings is 1. The minimum Gasteiger partial charge on any atom is -0.493 e. The molecule has 0 saturated heterocycles. The van der Waals surface area contributed by atoms with Crippen molar-refractivity contribution in [2.45, 2.75) is 0 Å². The van der Waals surface area contributed by atoms with Crippen molar-refractivity contribution in [3.8, 4) is 11.5 Å². The number of hydrogen-bond donors (Lipinski definition) is 1. The van der Waals surface area contributed by atoms with Crippen molar-refractivity contribution in [2.24, 2.45) is 0 Å². The van der Waals surface area contributed by atoms with Gasteiger partial charge in [-0.3, -0.25) is 9.78 Å². The Morgan fingerprint density at radius 2 is 1.67 bits per heavy atom. The third-order valence-corrected chi connectivity index (χ3v) is 2.90. The Hall–Kier alpha value is -2.89. The number of ketones is 1. The molecule has 0 aliphatic heterocycles. The Kier molecular flexibility index (Phi) is 4.18. The van der Waals surface area contributed by atoms with Crippen molar-refractivity contribution in [3.05, 3.63) is 53.3 Å². The number of methoxy groups -OCH3 is 2. The highest BCUT2D eigenvalue weighted by Gasteiger charge is 2.22. The van der Waals surface area contributed by atoms with E-state index in [0.717, 1.165) is 0 Å². The molecule has 0 aliphatic rings. The zero-order valence-electron chi connectivity index (χ0n) is 11.5. The van der Waals surface area contributed by atoms with Gasteiger partial charge in [-0.05, 0) is 24.3 Å². The molecule has 0 aliphatic carbocycles. The third-order valence-electron chi connectivity index (χ3n) is 2.90. The average Bonchev–Trinajstić information content (AvgIpc) is 2.53. The van der Waals surface area contributed by atoms with E-state index in [-0.39, 0.29) is 28.3 Å². The van der Waals surface area contributed by atoms with Crippen LogP contribution in [0.3, 0.4) is 0 Å². The number of carbonyl (C=O) groups is 2. The van der Waals surface area contributed by atoms with Gasteiger partial charge in [-0.15, -0.1) is 0 Å². The molecule has 0 radical (unpaired) electrons. The van der Waals surface area contributed by atoms with Crippen molar-refractivity contribution in [3.63, 3.8) is 0 Å². The summed E-state index contributed by atoms with van der Waals surface area (Å²) in [6, 6.07) is 7.45. The van der Waals surface area contributed by atoms with Crippen LogP contribution in [0.25, 0.3) is 0 Å². The first-order valence-corrected chi connectivity index (χ1v) is 6.03. The normalized spacial score (nSPS) is 10.0. The van der Waals surface area contributed by atoms with E-state index in [0.29, 0.717) is 0 Å². The smallest absolute Gasteiger partial charge is 0.336 e. The molecule has 0 atom stereocenters. The number of nitrogens with zero attached hydrogens (tertiary/aromatic N) is 1. The number of aromatic carboxylic acids is 1. The highest BCUT2D eigenvalue weighted by molar-refractivity contribution is 6.13. The topological polar surface area (TPSA) is 85.7 Å². The molecule has 2 aromatic rings. The Morgan fingerprint density at radius 1 is 1.05 bits per heavy atom. The lowest BCUT2D eigenvalue weighted by Crippen LogP contribution is -2.12. The van der Waals surface area contributed by atoms with Gasteiger partial charge in [-0.2, -0.15) is 0 Å². The lowest BCUT2D eigenvalue weighted by Gasteiger charge is -2.12. The van der Waals surface area contributed by atoms with Gasteiger partial charge >= 0.3 is 5.97 Å². The van der Waals surface area contributed by atoms with Gasteiger partial charge in [-0.1, -0.05) is 6.07 Å². The summed E-state index contributed by atoms with van der Waals surface area (Å²) in [6.45, 7) is 0. The van der Waals surface area contributed by atoms with Crippen LogP contribution in [-0.4, -0.2) is 36.1 Å². The summed E-state index contributed by atoms with van der Waals surface area (Å²) >= 11 is 0. The van der Waals surface area contributed by atoms with Crippen molar-refractivity contribution < 1.29 is 24.2 Å². The first-order valence-electron chi connectivity index (χ1n) is 6.03. The van der Waals surface area contributed by atoms with Gasteiger partial charge in [0.25, 0.3) is 0 Å². The quantitative estimate of drug-likeness (QED) is 0.847. The van der Waals surface area contributed by atoms with Crippen LogP contribution in [-0.2, 0) is 0 Å². The Morgan fingerprint density at radius 3 is 2.14 bits per heavy atom. The molecule has 1 N–H and O–H groups in total. The first-order chi connectivity index (χ1) is 10.1. The number of rotatable bonds is 5. The summed E-state index contributed by atoms with van der Waals surface area (Å²) in [5, 5.41) is 9.28. The van der Waals surface area contributed by atoms with Crippen LogP contribution in [0.2, 0.25) is 0 Å². The molecule has 6 nitrogen and oxygen atoms in total. The summed E-state index contributed by atoms with van der Waals surface area (Å²) in [4.78, 5) is 27.7. The fourth-order valence-corrected chi connectivity index (χ4v) is 1.88. The standard InChI is InChI=1S/C15H13NO5/c1-20-12-7-9(10(15(18)19)8-13(12)21-2)14(17)11-5-3-4-6-16-11/h3-8H,1-2H3,(H,18,19). The maximum Gasteiger partial charge on any atom is 0.336 e. The molecule has 21 heavy (non-hydrogen) atoms. The number of aromatic nitrogens is 1. The Balaban J connectivity index is 2.61. The molecule has 1 aromatic carbocycles. The molecular weight excluding hydrogens is 274 g/mol. The van der Waals surface area contributed by atoms with Crippen LogP contribution in [0.1, 0.15) is 26.4 Å². The van der Waals surface area contributed by atoms with E-state index in [1.54, 1.807) is 12.1 Å². The van der Waals surface area contributed by atoms with E-state index in [1.807, 2.05) is 0 Å². The minimum absolute atomic E-state index is 0.00106. The molecule has 1 heterocycles. The number of carboxylic acids is 1. The van der Waals surface area contributed by atoms with E-state index >= 15 is 0 Å². The van der Waals surface area contributed by atoms with Gasteiger partial charge in [0.2, 0.25) is 5.78 Å². The molecule has 0 unspecified atom stereocenters. The number of hydrogen-bond acceptors (Lipinski definition) is 5. The molecule has 0 spiro atoms. The molecule has 108 valence electrons. The highest BCUT2D eigenvalue weighted by atomic mass is 16.5. The lowest BCUT2D eigenvalue weighted by atomic mass is 10.00. The second-order valence-electron chi connectivity index (χ2n) is 4.10. The lowest BCUT2D eigenvalue weighted by molar-refractivity contribution is 0.0692. The number of carbonyl (C=O) groups excluding carboxylic acids is 1. The molecule has 0 saturated carbocycles. The van der Waals surface area contributed by atoms with Crippen LogP contribution < -0.4 is 9.47 Å². The summed E-state index contributed by atoms with van der Waals surface area (Å²) in [5.41, 5.74) is -0.00521. The van der Waals surface area contributed by atoms with Gasteiger partial charge < -0.3 is 14.6 Å². The minimum atomic E-state index is -1.23. The number of pyridine rings is 1. The van der Waals surface area contributed by atoms with E-state index < -0.39 is 11.8 Å². The second-order valence-corrected chi connectivity index (χ2v) is 4.10. The van der Waals surface area contributed by atoms with Gasteiger partial charge in [0, 0.05) is 11.8 Å². The fourth-order valence-electron chi connectivity index (χ4n) is 1.88. The van der Waals surface area contributed by atoms with Crippen molar-refractivity contribution in [1.29, 1.82) is 0 Å². The zero-order valence-corrected chi connectivity index (χ0v) is 11.5. The van der Waals surface area contributed by atoms with Crippen LogP contribution in [0.4, 0.5) is 0 Å². The van der Waals surface area contributed by atoms with Gasteiger partial charge in [0.1, 0.15) is 5.69 Å². The number of carboxylic acid groups (broad SMARTS) is 1. The third kappa shape index (κ3) is 2.84. The van der Waals surface area contributed by atoms with E-state index in [2.05, 4.69) is 4.98 Å². The first kappa shape index (κ1) is 14.5. The summed E-state index contributed by atoms with van der Waals surface area (Å²) < 4.78 is 10.2. The van der Waals surface area contributed by atoms with Crippen LogP contribution in [0.15, 0.2) is 36.5 Å². The summed E-state index contributed by atoms with van der Waals surface area (Å²) in [7, 11) is 2.80. The van der Waals surface area contributed by atoms with E-state index in [4.69, 9.17) is 9.47 Å². The summed E-state index contributed by atoms with van der Waals surface area (Å²) in [5.74, 6) is -1.20. The van der Waals surface area contributed by atoms with Crippen LogP contribution in [0.5, 0.6) is 11.5 Å². The molecule has 2 rings (SSSR count). The van der Waals surface area contributed by atoms with Crippen LogP contribution in [0, 0.1) is 0 Å². The summed E-state index contributed by atoms with van der Waals surface area (Å²) in [6.07, 6.45) is 1.47. The van der Waals surface area contributed by atoms with Gasteiger partial charge in [0.15, 0.2) is 11.5 Å². The predicted octanol–water partition coefficient (Wildman–Crippen LogP) is 2.03. The second kappa shape index (κ2) is 6.04. The van der Waals surface area contributed by atoms with E-state index in [1.165, 1.54) is 38.6 Å². The van der Waals surface area contributed by atoms with E-state index in [9.17, 15) is 14.7 Å². The van der Waals surface area contributed by atoms with Crippen molar-refractivity contribution in [1.82, 2.24) is 4.98 Å². The Labute approximate surface area is 121 Å². The fraction of sp³-hybridized carbons (Fsp3) is 0.133. The SMILES string of the molecule is COc1cc(C(=O)O)c(C(=O)c2ccccn2)cc1OC. The zero-order chi connectivity index (χ0) is 15.4. The molecule has 0 fully saturated rings. The molecule has 0 bridgehead atoms. The predicted molar refractivity (Wildman–Crippen MR) is 74.2 cm³/mol. The van der Waals surface area contributed by atoms with Crippen LogP contribution >= 0.6 is 0 Å².